The van der Waals surface area contributed by atoms with Crippen LogP contribution in [-0.2, 0) is 0 Å². The van der Waals surface area contributed by atoms with Crippen molar-refractivity contribution in [3.63, 3.8) is 0 Å². The minimum Gasteiger partial charge on any atom is -0.494 e. The maximum absolute atomic E-state index is 11.8. The van der Waals surface area contributed by atoms with E-state index >= 15 is 0 Å². The van der Waals surface area contributed by atoms with E-state index in [4.69, 9.17) is 10.5 Å². The predicted molar refractivity (Wildman–Crippen MR) is 95.1 cm³/mol. The number of nitrogens with one attached hydrogen (secondary N) is 1. The molecule has 0 unspecified atom stereocenters. The Balaban J connectivity index is 2.04. The Kier molecular flexibility index (Phi) is 4.47. The SMILES string of the molecule is CCOc1ccc(-n2c(N)cc(=O)nc2Nc2ccccc2)cc1. The molecule has 0 aliphatic rings. The molecule has 0 radical (unpaired) electrons. The van der Waals surface area contributed by atoms with Gasteiger partial charge in [0.25, 0.3) is 5.56 Å². The molecule has 0 aliphatic heterocycles. The summed E-state index contributed by atoms with van der Waals surface area (Å²) in [5.74, 6) is 1.43. The highest BCUT2D eigenvalue weighted by Gasteiger charge is 2.10. The Morgan fingerprint density at radius 1 is 1.12 bits per heavy atom. The normalized spacial score (nSPS) is 10.4. The number of ether oxygens (including phenoxy) is 1. The van der Waals surface area contributed by atoms with E-state index in [2.05, 4.69) is 10.3 Å². The molecule has 0 spiro atoms. The van der Waals surface area contributed by atoms with E-state index in [9.17, 15) is 4.79 Å². The number of hydrogen-bond acceptors (Lipinski definition) is 5. The second-order valence-corrected chi connectivity index (χ2v) is 5.10. The van der Waals surface area contributed by atoms with Crippen LogP contribution in [-0.4, -0.2) is 16.2 Å². The Morgan fingerprint density at radius 3 is 2.50 bits per heavy atom. The summed E-state index contributed by atoms with van der Waals surface area (Å²) in [7, 11) is 0. The molecule has 0 aliphatic carbocycles. The number of hydrogen-bond donors (Lipinski definition) is 2. The van der Waals surface area contributed by atoms with Crippen molar-refractivity contribution in [1.82, 2.24) is 9.55 Å². The van der Waals surface area contributed by atoms with Crippen LogP contribution in [0.15, 0.2) is 65.5 Å². The van der Waals surface area contributed by atoms with Crippen LogP contribution >= 0.6 is 0 Å². The molecule has 0 saturated heterocycles. The number of nitrogen functional groups attached to an aromatic ring is 1. The fourth-order valence-electron chi connectivity index (χ4n) is 2.36. The summed E-state index contributed by atoms with van der Waals surface area (Å²) in [5, 5.41) is 3.13. The summed E-state index contributed by atoms with van der Waals surface area (Å²) in [5.41, 5.74) is 7.26. The minimum atomic E-state index is -0.395. The predicted octanol–water partition coefficient (Wildman–Crippen LogP) is 2.96. The third kappa shape index (κ3) is 3.38. The van der Waals surface area contributed by atoms with E-state index in [-0.39, 0.29) is 0 Å². The maximum atomic E-state index is 11.8. The first-order chi connectivity index (χ1) is 11.7. The van der Waals surface area contributed by atoms with E-state index in [1.165, 1.54) is 6.07 Å². The zero-order chi connectivity index (χ0) is 16.9. The smallest absolute Gasteiger partial charge is 0.276 e. The molecule has 122 valence electrons. The third-order valence-corrected chi connectivity index (χ3v) is 3.39. The van der Waals surface area contributed by atoms with Gasteiger partial charge in [-0.2, -0.15) is 4.98 Å². The van der Waals surface area contributed by atoms with Gasteiger partial charge in [-0.05, 0) is 43.3 Å². The Morgan fingerprint density at radius 2 is 1.83 bits per heavy atom. The highest BCUT2D eigenvalue weighted by molar-refractivity contribution is 5.59. The molecule has 0 bridgehead atoms. The summed E-state index contributed by atoms with van der Waals surface area (Å²) in [6.45, 7) is 2.53. The molecule has 3 rings (SSSR count). The van der Waals surface area contributed by atoms with Gasteiger partial charge in [0.15, 0.2) is 0 Å². The zero-order valence-electron chi connectivity index (χ0n) is 13.3. The molecule has 3 aromatic rings. The third-order valence-electron chi connectivity index (χ3n) is 3.39. The van der Waals surface area contributed by atoms with Crippen LogP contribution in [0.1, 0.15) is 6.92 Å². The Bertz CT molecular complexity index is 874. The van der Waals surface area contributed by atoms with Crippen LogP contribution in [0.5, 0.6) is 5.75 Å². The highest BCUT2D eigenvalue weighted by Crippen LogP contribution is 2.23. The maximum Gasteiger partial charge on any atom is 0.276 e. The van der Waals surface area contributed by atoms with E-state index in [0.717, 1.165) is 17.1 Å². The number of nitrogens with zero attached hydrogens (tertiary/aromatic N) is 2. The highest BCUT2D eigenvalue weighted by atomic mass is 16.5. The van der Waals surface area contributed by atoms with Crippen molar-refractivity contribution in [2.45, 2.75) is 6.92 Å². The Labute approximate surface area is 139 Å². The minimum absolute atomic E-state index is 0.303. The van der Waals surface area contributed by atoms with Gasteiger partial charge in [-0.15, -0.1) is 0 Å². The van der Waals surface area contributed by atoms with Crippen molar-refractivity contribution in [1.29, 1.82) is 0 Å². The molecule has 6 nitrogen and oxygen atoms in total. The average Bonchev–Trinajstić information content (AvgIpc) is 2.57. The molecule has 2 aromatic carbocycles. The second-order valence-electron chi connectivity index (χ2n) is 5.10. The standard InChI is InChI=1S/C18H18N4O2/c1-2-24-15-10-8-14(9-11-15)22-16(19)12-17(23)21-18(22)20-13-6-4-3-5-7-13/h3-12H,2,19H2,1H3,(H,20,21,23). The van der Waals surface area contributed by atoms with Gasteiger partial charge < -0.3 is 15.8 Å². The number of nitrogens with two attached hydrogens (primary N) is 1. The van der Waals surface area contributed by atoms with Crippen molar-refractivity contribution < 1.29 is 4.74 Å². The van der Waals surface area contributed by atoms with Gasteiger partial charge in [0.2, 0.25) is 5.95 Å². The largest absolute Gasteiger partial charge is 0.494 e. The summed E-state index contributed by atoms with van der Waals surface area (Å²) in [4.78, 5) is 15.8. The monoisotopic (exact) mass is 322 g/mol. The molecule has 0 amide bonds. The number of anilines is 3. The van der Waals surface area contributed by atoms with Crippen molar-refractivity contribution in [2.24, 2.45) is 0 Å². The van der Waals surface area contributed by atoms with Gasteiger partial charge in [-0.1, -0.05) is 18.2 Å². The number of aromatic nitrogens is 2. The molecular formula is C18H18N4O2. The van der Waals surface area contributed by atoms with E-state index in [1.807, 2.05) is 61.5 Å². The lowest BCUT2D eigenvalue weighted by Gasteiger charge is -2.16. The zero-order valence-corrected chi connectivity index (χ0v) is 13.3. The molecule has 1 aromatic heterocycles. The molecule has 0 atom stereocenters. The van der Waals surface area contributed by atoms with Crippen LogP contribution < -0.4 is 21.3 Å². The average molecular weight is 322 g/mol. The lowest BCUT2D eigenvalue weighted by atomic mass is 10.3. The fourth-order valence-corrected chi connectivity index (χ4v) is 2.36. The van der Waals surface area contributed by atoms with Crippen LogP contribution in [0.25, 0.3) is 5.69 Å². The van der Waals surface area contributed by atoms with Crippen LogP contribution in [0.4, 0.5) is 17.5 Å². The summed E-state index contributed by atoms with van der Waals surface area (Å²) >= 11 is 0. The quantitative estimate of drug-likeness (QED) is 0.754. The van der Waals surface area contributed by atoms with Gasteiger partial charge in [0, 0.05) is 11.8 Å². The molecular weight excluding hydrogens is 304 g/mol. The van der Waals surface area contributed by atoms with Crippen LogP contribution in [0.3, 0.4) is 0 Å². The first kappa shape index (κ1) is 15.6. The van der Waals surface area contributed by atoms with E-state index < -0.39 is 5.56 Å². The topological polar surface area (TPSA) is 82.2 Å². The van der Waals surface area contributed by atoms with Crippen molar-refractivity contribution in [3.05, 3.63) is 71.0 Å². The first-order valence-electron chi connectivity index (χ1n) is 7.62. The van der Waals surface area contributed by atoms with Crippen LogP contribution in [0, 0.1) is 0 Å². The van der Waals surface area contributed by atoms with Crippen molar-refractivity contribution in [3.8, 4) is 11.4 Å². The molecule has 3 N–H and O–H groups in total. The molecule has 0 saturated carbocycles. The van der Waals surface area contributed by atoms with Gasteiger partial charge >= 0.3 is 0 Å². The summed E-state index contributed by atoms with van der Waals surface area (Å²) in [6, 6.07) is 18.2. The number of para-hydroxylation sites is 1. The van der Waals surface area contributed by atoms with Crippen LogP contribution in [0.2, 0.25) is 0 Å². The van der Waals surface area contributed by atoms with Gasteiger partial charge in [0.1, 0.15) is 11.6 Å². The lowest BCUT2D eigenvalue weighted by Crippen LogP contribution is -2.18. The van der Waals surface area contributed by atoms with Gasteiger partial charge in [-0.3, -0.25) is 9.36 Å². The van der Waals surface area contributed by atoms with Gasteiger partial charge in [-0.25, -0.2) is 0 Å². The molecule has 0 fully saturated rings. The summed E-state index contributed by atoms with van der Waals surface area (Å²) in [6.07, 6.45) is 0. The fraction of sp³-hybridized carbons (Fsp3) is 0.111. The Hall–Kier alpha value is -3.28. The number of benzene rings is 2. The number of rotatable bonds is 5. The van der Waals surface area contributed by atoms with Crippen molar-refractivity contribution >= 4 is 17.5 Å². The van der Waals surface area contributed by atoms with E-state index in [1.54, 1.807) is 4.57 Å². The molecule has 24 heavy (non-hydrogen) atoms. The first-order valence-corrected chi connectivity index (χ1v) is 7.62. The van der Waals surface area contributed by atoms with E-state index in [0.29, 0.717) is 18.4 Å². The molecule has 1 heterocycles. The lowest BCUT2D eigenvalue weighted by molar-refractivity contribution is 0.340. The summed E-state index contributed by atoms with van der Waals surface area (Å²) < 4.78 is 7.13. The molecule has 6 heteroatoms. The van der Waals surface area contributed by atoms with Crippen molar-refractivity contribution in [2.75, 3.05) is 17.7 Å². The second kappa shape index (κ2) is 6.87. The van der Waals surface area contributed by atoms with Gasteiger partial charge in [0.05, 0.1) is 12.3 Å².